The van der Waals surface area contributed by atoms with Gasteiger partial charge in [-0.15, -0.1) is 0 Å². The van der Waals surface area contributed by atoms with E-state index in [1.807, 2.05) is 6.08 Å². The number of aliphatic hydroxyl groups excluding tert-OH is 11. The maximum absolute atomic E-state index is 13.5. The summed E-state index contributed by atoms with van der Waals surface area (Å²) < 4.78 is 34.5. The molecule has 17 atom stereocenters. The molecule has 17 unspecified atom stereocenters. The van der Waals surface area contributed by atoms with E-state index in [1.54, 1.807) is 6.08 Å². The molecule has 3 aliphatic rings. The number of aliphatic hydroxyl groups is 11. The molecule has 0 spiro atoms. The van der Waals surface area contributed by atoms with Crippen LogP contribution in [0.3, 0.4) is 0 Å². The van der Waals surface area contributed by atoms with Gasteiger partial charge in [0.15, 0.2) is 18.9 Å². The van der Waals surface area contributed by atoms with Crippen LogP contribution in [0.1, 0.15) is 418 Å². The zero-order valence-electron chi connectivity index (χ0n) is 71.4. The van der Waals surface area contributed by atoms with Crippen LogP contribution in [0.4, 0.5) is 0 Å². The number of amides is 1. The molecule has 0 radical (unpaired) electrons. The largest absolute Gasteiger partial charge is 0.394 e. The first kappa shape index (κ1) is 104. The fraction of sp³-hybridized carbons (Fsp3) is 0.925. The SMILES string of the molecule is CCCCCCCCCC/C=C\CCCCCCCCCCCCCCCCCCCCCCCCCCCC(=O)NC(COC1OC(CO)C(OC2OC(CO)C(OC3OC(CO)C(O)C(O)C3O)C(O)C2O)C(O)C1O)C(O)/C=C/CC/C=C/CCCCCCCCCCCCCCCCCCCCCCCCCC. The van der Waals surface area contributed by atoms with Crippen LogP contribution >= 0.6 is 0 Å². The summed E-state index contributed by atoms with van der Waals surface area (Å²) in [5.41, 5.74) is 0. The maximum atomic E-state index is 13.5. The van der Waals surface area contributed by atoms with Gasteiger partial charge in [-0.25, -0.2) is 0 Å². The highest BCUT2D eigenvalue weighted by Crippen LogP contribution is 2.34. The lowest BCUT2D eigenvalue weighted by molar-refractivity contribution is -0.379. The summed E-state index contributed by atoms with van der Waals surface area (Å²) in [6.07, 6.45) is 67.5. The Morgan fingerprint density at radius 3 is 0.893 bits per heavy atom. The number of ether oxygens (including phenoxy) is 6. The Morgan fingerprint density at radius 1 is 0.312 bits per heavy atom. The second-order valence-electron chi connectivity index (χ2n) is 33.8. The van der Waals surface area contributed by atoms with E-state index in [1.165, 1.54) is 347 Å². The van der Waals surface area contributed by atoms with Crippen molar-refractivity contribution in [2.24, 2.45) is 0 Å². The minimum Gasteiger partial charge on any atom is -0.394 e. The molecule has 3 heterocycles. The first-order valence-electron chi connectivity index (χ1n) is 47.2. The minimum atomic E-state index is -1.98. The molecule has 0 aromatic carbocycles. The van der Waals surface area contributed by atoms with Crippen molar-refractivity contribution in [3.63, 3.8) is 0 Å². The van der Waals surface area contributed by atoms with Crippen molar-refractivity contribution in [1.29, 1.82) is 0 Å². The molecule has 3 fully saturated rings. The zero-order valence-corrected chi connectivity index (χ0v) is 71.4. The average Bonchev–Trinajstić information content (AvgIpc) is 0.781. The van der Waals surface area contributed by atoms with Crippen LogP contribution in [0.2, 0.25) is 0 Å². The highest BCUT2D eigenvalue weighted by Gasteiger charge is 2.54. The molecule has 3 rings (SSSR count). The Bertz CT molecular complexity index is 2160. The van der Waals surface area contributed by atoms with Gasteiger partial charge in [0.2, 0.25) is 5.91 Å². The molecule has 0 bridgehead atoms. The Labute approximate surface area is 682 Å². The first-order chi connectivity index (χ1) is 54.8. The van der Waals surface area contributed by atoms with Crippen molar-refractivity contribution >= 4 is 5.91 Å². The van der Waals surface area contributed by atoms with Gasteiger partial charge < -0.3 is 89.9 Å². The normalized spacial score (nSPS) is 25.0. The van der Waals surface area contributed by atoms with Crippen molar-refractivity contribution in [2.45, 2.75) is 523 Å². The molecule has 12 N–H and O–H groups in total. The topological polar surface area (TPSA) is 307 Å². The van der Waals surface area contributed by atoms with E-state index in [9.17, 15) is 61.0 Å². The number of nitrogens with one attached hydrogen (secondary N) is 1. The summed E-state index contributed by atoms with van der Waals surface area (Å²) in [5, 5.41) is 121. The summed E-state index contributed by atoms with van der Waals surface area (Å²) in [5.74, 6) is -0.276. The quantitative estimate of drug-likeness (QED) is 0.0199. The average molecular weight is 1600 g/mol. The van der Waals surface area contributed by atoms with Gasteiger partial charge in [-0.05, 0) is 57.8 Å². The molecular weight excluding hydrogens is 1420 g/mol. The third-order valence-electron chi connectivity index (χ3n) is 23.7. The Balaban J connectivity index is 1.31. The summed E-state index contributed by atoms with van der Waals surface area (Å²) >= 11 is 0. The predicted molar refractivity (Wildman–Crippen MR) is 453 cm³/mol. The number of unbranched alkanes of at least 4 members (excludes halogenated alkanes) is 58. The van der Waals surface area contributed by atoms with Gasteiger partial charge in [-0.2, -0.15) is 0 Å². The lowest BCUT2D eigenvalue weighted by Crippen LogP contribution is -2.66. The van der Waals surface area contributed by atoms with Crippen LogP contribution in [0.15, 0.2) is 36.5 Å². The number of carbonyl (C=O) groups excluding carboxylic acids is 1. The molecule has 0 aromatic heterocycles. The van der Waals surface area contributed by atoms with E-state index in [4.69, 9.17) is 28.4 Å². The van der Waals surface area contributed by atoms with E-state index in [2.05, 4.69) is 43.5 Å². The van der Waals surface area contributed by atoms with E-state index in [-0.39, 0.29) is 18.9 Å². The summed E-state index contributed by atoms with van der Waals surface area (Å²) in [7, 11) is 0. The van der Waals surface area contributed by atoms with Crippen LogP contribution < -0.4 is 5.32 Å². The molecule has 1 amide bonds. The van der Waals surface area contributed by atoms with Gasteiger partial charge >= 0.3 is 0 Å². The first-order valence-corrected chi connectivity index (χ1v) is 47.2. The summed E-state index contributed by atoms with van der Waals surface area (Å²) in [4.78, 5) is 13.5. The molecule has 3 aliphatic heterocycles. The highest BCUT2D eigenvalue weighted by molar-refractivity contribution is 5.76. The maximum Gasteiger partial charge on any atom is 0.220 e. The molecule has 19 nitrogen and oxygen atoms in total. The zero-order chi connectivity index (χ0) is 81.0. The van der Waals surface area contributed by atoms with Crippen molar-refractivity contribution in [2.75, 3.05) is 26.4 Å². The molecule has 0 aromatic rings. The Kier molecular flexibility index (Phi) is 67.9. The minimum absolute atomic E-state index is 0.240. The van der Waals surface area contributed by atoms with Crippen LogP contribution in [0.5, 0.6) is 0 Å². The number of allylic oxidation sites excluding steroid dienone is 5. The molecule has 112 heavy (non-hydrogen) atoms. The third kappa shape index (κ3) is 50.8. The van der Waals surface area contributed by atoms with Gasteiger partial charge in [0.1, 0.15) is 73.2 Å². The van der Waals surface area contributed by atoms with Crippen molar-refractivity contribution < 1.29 is 89.4 Å². The fourth-order valence-corrected chi connectivity index (χ4v) is 16.2. The predicted octanol–water partition coefficient (Wildman–Crippen LogP) is 18.6. The van der Waals surface area contributed by atoms with Crippen LogP contribution in [-0.2, 0) is 33.2 Å². The number of hydrogen-bond donors (Lipinski definition) is 12. The van der Waals surface area contributed by atoms with Gasteiger partial charge in [0, 0.05) is 6.42 Å². The van der Waals surface area contributed by atoms with E-state index in [0.717, 1.165) is 38.5 Å². The van der Waals surface area contributed by atoms with Gasteiger partial charge in [-0.1, -0.05) is 391 Å². The monoisotopic (exact) mass is 1590 g/mol. The van der Waals surface area contributed by atoms with Crippen LogP contribution in [0, 0.1) is 0 Å². The summed E-state index contributed by atoms with van der Waals surface area (Å²) in [6, 6.07) is -0.991. The smallest absolute Gasteiger partial charge is 0.220 e. The molecule has 3 saturated heterocycles. The van der Waals surface area contributed by atoms with Crippen molar-refractivity contribution in [3.05, 3.63) is 36.5 Å². The lowest BCUT2D eigenvalue weighted by atomic mass is 9.96. The number of hydrogen-bond acceptors (Lipinski definition) is 18. The number of carbonyl (C=O) groups is 1. The highest BCUT2D eigenvalue weighted by atomic mass is 16.8. The molecule has 0 saturated carbocycles. The van der Waals surface area contributed by atoms with Crippen molar-refractivity contribution in [1.82, 2.24) is 5.32 Å². The molecule has 19 heteroatoms. The van der Waals surface area contributed by atoms with Crippen molar-refractivity contribution in [3.8, 4) is 0 Å². The molecular formula is C93H175NO18. The van der Waals surface area contributed by atoms with Gasteiger partial charge in [0.25, 0.3) is 0 Å². The Morgan fingerprint density at radius 2 is 0.571 bits per heavy atom. The fourth-order valence-electron chi connectivity index (χ4n) is 16.2. The second-order valence-corrected chi connectivity index (χ2v) is 33.8. The lowest BCUT2D eigenvalue weighted by Gasteiger charge is -2.48. The number of rotatable bonds is 78. The van der Waals surface area contributed by atoms with Gasteiger partial charge in [-0.3, -0.25) is 4.79 Å². The van der Waals surface area contributed by atoms with E-state index >= 15 is 0 Å². The van der Waals surface area contributed by atoms with E-state index in [0.29, 0.717) is 12.8 Å². The van der Waals surface area contributed by atoms with Crippen LogP contribution in [0.25, 0.3) is 0 Å². The summed E-state index contributed by atoms with van der Waals surface area (Å²) in [6.45, 7) is 1.79. The second kappa shape index (κ2) is 73.0. The van der Waals surface area contributed by atoms with E-state index < -0.39 is 124 Å². The van der Waals surface area contributed by atoms with Gasteiger partial charge in [0.05, 0.1) is 38.6 Å². The molecule has 0 aliphatic carbocycles. The standard InChI is InChI=1S/C93H175NO18/c1-3-5-7-9-11-13-15-17-19-21-23-25-27-29-31-33-35-36-37-38-39-40-41-43-45-47-49-51-53-55-57-59-61-63-65-67-69-71-81(99)94-76(77(98)70-68-66-64-62-60-58-56-54-52-50-48-46-44-42-34-32-30-28-26-24-22-20-18-16-14-12-10-8-6-4-2)75-107-91-87(105)84(102)89(79(73-96)109-91)112-93-88(106)85(103)90(80(74-97)110-93)111-92-86(104)83(101)82(100)78(72-95)108-92/h21,23,60,62,68,70,76-80,82-93,95-98,100-106H,3-20,22,24-59,61,63-67,69,71-75H2,1-2H3,(H,94,99)/b23-21-,62-60+,70-68+. The molecule has 660 valence electrons. The Hall–Kier alpha value is -1.99. The van der Waals surface area contributed by atoms with Crippen LogP contribution in [-0.4, -0.2) is 193 Å². The third-order valence-corrected chi connectivity index (χ3v) is 23.7.